The summed E-state index contributed by atoms with van der Waals surface area (Å²) in [4.78, 5) is 7.43. The van der Waals surface area contributed by atoms with E-state index >= 15 is 0 Å². The molecule has 5 heteroatoms. The van der Waals surface area contributed by atoms with Gasteiger partial charge in [0.25, 0.3) is 0 Å². The zero-order valence-corrected chi connectivity index (χ0v) is 20.0. The van der Waals surface area contributed by atoms with Gasteiger partial charge in [-0.25, -0.2) is 4.98 Å². The molecule has 1 heterocycles. The number of methoxy groups -OCH3 is 1. The number of halogens is 1. The number of anilines is 1. The van der Waals surface area contributed by atoms with Crippen LogP contribution in [0.3, 0.4) is 0 Å². The Morgan fingerprint density at radius 3 is 2.48 bits per heavy atom. The van der Waals surface area contributed by atoms with Crippen LogP contribution >= 0.6 is 11.6 Å². The van der Waals surface area contributed by atoms with Gasteiger partial charge in [-0.2, -0.15) is 0 Å². The minimum absolute atomic E-state index is 0.706. The molecule has 3 rings (SSSR count). The van der Waals surface area contributed by atoms with Crippen molar-refractivity contribution in [3.63, 3.8) is 0 Å². The fourth-order valence-corrected chi connectivity index (χ4v) is 4.31. The monoisotopic (exact) mass is 441 g/mol. The molecule has 0 radical (unpaired) electrons. The van der Waals surface area contributed by atoms with Gasteiger partial charge in [-0.1, -0.05) is 44.7 Å². The van der Waals surface area contributed by atoms with E-state index < -0.39 is 0 Å². The zero-order valence-electron chi connectivity index (χ0n) is 19.2. The van der Waals surface area contributed by atoms with Gasteiger partial charge < -0.3 is 15.0 Å². The second kappa shape index (κ2) is 12.1. The SMILES string of the molecule is CCCCCCN(CCC)CCCNc1c2ccc(Cl)cc2nc2ccc(OC)cc12. The molecule has 1 N–H and O–H groups in total. The number of rotatable bonds is 13. The molecule has 168 valence electrons. The molecular weight excluding hydrogens is 406 g/mol. The second-order valence-corrected chi connectivity index (χ2v) is 8.65. The van der Waals surface area contributed by atoms with Gasteiger partial charge in [-0.15, -0.1) is 0 Å². The Morgan fingerprint density at radius 2 is 1.71 bits per heavy atom. The van der Waals surface area contributed by atoms with Gasteiger partial charge in [-0.05, 0) is 75.3 Å². The first-order valence-corrected chi connectivity index (χ1v) is 12.1. The summed E-state index contributed by atoms with van der Waals surface area (Å²) in [6, 6.07) is 12.0. The highest BCUT2D eigenvalue weighted by Crippen LogP contribution is 2.34. The van der Waals surface area contributed by atoms with Gasteiger partial charge in [0.1, 0.15) is 5.75 Å². The summed E-state index contributed by atoms with van der Waals surface area (Å²) in [6.45, 7) is 8.98. The predicted molar refractivity (Wildman–Crippen MR) is 135 cm³/mol. The molecule has 1 aromatic heterocycles. The van der Waals surface area contributed by atoms with Crippen molar-refractivity contribution in [2.24, 2.45) is 0 Å². The lowest BCUT2D eigenvalue weighted by molar-refractivity contribution is 0.267. The largest absolute Gasteiger partial charge is 0.497 e. The summed E-state index contributed by atoms with van der Waals surface area (Å²) in [5, 5.41) is 6.59. The van der Waals surface area contributed by atoms with E-state index in [4.69, 9.17) is 21.3 Å². The van der Waals surface area contributed by atoms with Crippen molar-refractivity contribution in [1.29, 1.82) is 0 Å². The van der Waals surface area contributed by atoms with Gasteiger partial charge in [0, 0.05) is 22.3 Å². The van der Waals surface area contributed by atoms with E-state index in [9.17, 15) is 0 Å². The smallest absolute Gasteiger partial charge is 0.119 e. The number of fused-ring (bicyclic) bond motifs is 2. The van der Waals surface area contributed by atoms with Crippen molar-refractivity contribution in [3.8, 4) is 5.75 Å². The van der Waals surface area contributed by atoms with Crippen LogP contribution in [0, 0.1) is 0 Å². The fourth-order valence-electron chi connectivity index (χ4n) is 4.14. The van der Waals surface area contributed by atoms with Gasteiger partial charge in [0.05, 0.1) is 23.8 Å². The molecule has 0 saturated carbocycles. The Bertz CT molecular complexity index is 976. The number of unbranched alkanes of at least 4 members (excludes halogenated alkanes) is 3. The quantitative estimate of drug-likeness (QED) is 0.226. The van der Waals surface area contributed by atoms with Crippen molar-refractivity contribution in [2.75, 3.05) is 38.6 Å². The number of nitrogens with zero attached hydrogens (tertiary/aromatic N) is 2. The fraction of sp³-hybridized carbons (Fsp3) is 0.500. The number of aromatic nitrogens is 1. The van der Waals surface area contributed by atoms with E-state index in [1.54, 1.807) is 7.11 Å². The first-order valence-electron chi connectivity index (χ1n) is 11.7. The van der Waals surface area contributed by atoms with Crippen molar-refractivity contribution >= 4 is 39.1 Å². The molecule has 0 spiro atoms. The van der Waals surface area contributed by atoms with E-state index in [0.29, 0.717) is 5.02 Å². The number of pyridine rings is 1. The molecule has 0 bridgehead atoms. The zero-order chi connectivity index (χ0) is 22.1. The maximum Gasteiger partial charge on any atom is 0.119 e. The number of hydrogen-bond acceptors (Lipinski definition) is 4. The van der Waals surface area contributed by atoms with E-state index in [0.717, 1.165) is 52.8 Å². The van der Waals surface area contributed by atoms with E-state index in [1.807, 2.05) is 24.3 Å². The molecule has 0 unspecified atom stereocenters. The van der Waals surface area contributed by atoms with E-state index in [-0.39, 0.29) is 0 Å². The molecule has 0 aliphatic heterocycles. The average Bonchev–Trinajstić information content (AvgIpc) is 2.78. The van der Waals surface area contributed by atoms with Crippen molar-refractivity contribution in [1.82, 2.24) is 9.88 Å². The van der Waals surface area contributed by atoms with Crippen LogP contribution in [0.5, 0.6) is 5.75 Å². The van der Waals surface area contributed by atoms with Crippen LogP contribution in [-0.2, 0) is 0 Å². The highest BCUT2D eigenvalue weighted by Gasteiger charge is 2.11. The molecular formula is C26H36ClN3O. The number of benzene rings is 2. The molecule has 2 aromatic carbocycles. The number of nitrogens with one attached hydrogen (secondary N) is 1. The summed E-state index contributed by atoms with van der Waals surface area (Å²) in [5.41, 5.74) is 2.97. The summed E-state index contributed by atoms with van der Waals surface area (Å²) in [5.74, 6) is 0.840. The standard InChI is InChI=1S/C26H36ClN3O/c1-4-6-7-8-16-30(15-5-2)17-9-14-28-26-22-12-10-20(27)18-25(22)29-24-13-11-21(31-3)19-23(24)26/h10-13,18-19H,4-9,14-17H2,1-3H3,(H,28,29). The minimum Gasteiger partial charge on any atom is -0.497 e. The van der Waals surface area contributed by atoms with Gasteiger partial charge in [0.15, 0.2) is 0 Å². The summed E-state index contributed by atoms with van der Waals surface area (Å²) in [6.07, 6.45) is 7.60. The first-order chi connectivity index (χ1) is 15.2. The molecule has 3 aromatic rings. The predicted octanol–water partition coefficient (Wildman–Crippen LogP) is 7.14. The van der Waals surface area contributed by atoms with Gasteiger partial charge >= 0.3 is 0 Å². The summed E-state index contributed by atoms with van der Waals surface area (Å²) < 4.78 is 5.46. The Hall–Kier alpha value is -2.04. The molecule has 0 atom stereocenters. The first kappa shape index (κ1) is 23.6. The maximum absolute atomic E-state index is 6.24. The lowest BCUT2D eigenvalue weighted by Gasteiger charge is -2.22. The topological polar surface area (TPSA) is 37.4 Å². The third-order valence-electron chi connectivity index (χ3n) is 5.76. The molecule has 0 fully saturated rings. The Kier molecular flexibility index (Phi) is 9.23. The van der Waals surface area contributed by atoms with E-state index in [1.165, 1.54) is 45.2 Å². The Morgan fingerprint density at radius 1 is 0.871 bits per heavy atom. The van der Waals surface area contributed by atoms with E-state index in [2.05, 4.69) is 36.2 Å². The van der Waals surface area contributed by atoms with Crippen LogP contribution in [0.4, 0.5) is 5.69 Å². The van der Waals surface area contributed by atoms with Gasteiger partial charge in [0.2, 0.25) is 0 Å². The number of ether oxygens (including phenoxy) is 1. The summed E-state index contributed by atoms with van der Waals surface area (Å²) >= 11 is 6.24. The van der Waals surface area contributed by atoms with Gasteiger partial charge in [-0.3, -0.25) is 0 Å². The van der Waals surface area contributed by atoms with Crippen molar-refractivity contribution in [2.45, 2.75) is 52.4 Å². The lowest BCUT2D eigenvalue weighted by Crippen LogP contribution is -2.28. The lowest BCUT2D eigenvalue weighted by atomic mass is 10.1. The van der Waals surface area contributed by atoms with Crippen molar-refractivity contribution < 1.29 is 4.74 Å². The van der Waals surface area contributed by atoms with Crippen LogP contribution in [0.25, 0.3) is 21.8 Å². The van der Waals surface area contributed by atoms with Crippen LogP contribution in [0.1, 0.15) is 52.4 Å². The van der Waals surface area contributed by atoms with Crippen LogP contribution in [0.2, 0.25) is 5.02 Å². The molecule has 31 heavy (non-hydrogen) atoms. The summed E-state index contributed by atoms with van der Waals surface area (Å²) in [7, 11) is 1.70. The minimum atomic E-state index is 0.706. The third kappa shape index (κ3) is 6.47. The highest BCUT2D eigenvalue weighted by molar-refractivity contribution is 6.31. The second-order valence-electron chi connectivity index (χ2n) is 8.21. The Balaban J connectivity index is 1.73. The third-order valence-corrected chi connectivity index (χ3v) is 6.00. The molecule has 4 nitrogen and oxygen atoms in total. The molecule has 0 aliphatic carbocycles. The highest BCUT2D eigenvalue weighted by atomic mass is 35.5. The average molecular weight is 442 g/mol. The van der Waals surface area contributed by atoms with Crippen molar-refractivity contribution in [3.05, 3.63) is 41.4 Å². The molecule has 0 amide bonds. The molecule has 0 aliphatic rings. The number of hydrogen-bond donors (Lipinski definition) is 1. The maximum atomic E-state index is 6.24. The molecule has 0 saturated heterocycles. The Labute approximate surface area is 191 Å². The van der Waals surface area contributed by atoms with Crippen LogP contribution in [0.15, 0.2) is 36.4 Å². The van der Waals surface area contributed by atoms with Crippen LogP contribution < -0.4 is 10.1 Å². The normalized spacial score (nSPS) is 11.5. The van der Waals surface area contributed by atoms with Crippen LogP contribution in [-0.4, -0.2) is 43.2 Å².